The first-order chi connectivity index (χ1) is 7.16. The first kappa shape index (κ1) is 9.58. The third kappa shape index (κ3) is 1.93. The fourth-order valence-electron chi connectivity index (χ4n) is 1.36. The van der Waals surface area contributed by atoms with E-state index in [2.05, 4.69) is 15.0 Å². The van der Waals surface area contributed by atoms with Crippen LogP contribution in [0.25, 0.3) is 11.3 Å². The number of carbonyl (C=O) groups excluding carboxylic acids is 1. The molecule has 0 radical (unpaired) electrons. The van der Waals surface area contributed by atoms with Crippen LogP contribution in [0.3, 0.4) is 0 Å². The van der Waals surface area contributed by atoms with Crippen LogP contribution in [0.15, 0.2) is 24.5 Å². The van der Waals surface area contributed by atoms with E-state index < -0.39 is 0 Å². The summed E-state index contributed by atoms with van der Waals surface area (Å²) < 4.78 is 0. The first-order valence-corrected chi connectivity index (χ1v) is 4.66. The van der Waals surface area contributed by atoms with E-state index in [1.54, 1.807) is 0 Å². The molecule has 0 saturated carbocycles. The highest BCUT2D eigenvalue weighted by atomic mass is 16.1. The molecule has 0 spiro atoms. The summed E-state index contributed by atoms with van der Waals surface area (Å²) in [6, 6.07) is 3.77. The van der Waals surface area contributed by atoms with Crippen LogP contribution in [-0.4, -0.2) is 20.7 Å². The lowest BCUT2D eigenvalue weighted by Gasteiger charge is -2.01. The van der Waals surface area contributed by atoms with Crippen LogP contribution >= 0.6 is 0 Å². The van der Waals surface area contributed by atoms with Gasteiger partial charge in [0.2, 0.25) is 0 Å². The molecule has 0 atom stereocenters. The molecule has 0 unspecified atom stereocenters. The van der Waals surface area contributed by atoms with Crippen molar-refractivity contribution in [3.63, 3.8) is 0 Å². The Labute approximate surface area is 87.4 Å². The molecule has 2 heterocycles. The summed E-state index contributed by atoms with van der Waals surface area (Å²) in [6.45, 7) is 3.32. The van der Waals surface area contributed by atoms with Gasteiger partial charge in [-0.2, -0.15) is 0 Å². The molecule has 15 heavy (non-hydrogen) atoms. The zero-order valence-electron chi connectivity index (χ0n) is 8.61. The van der Waals surface area contributed by atoms with Gasteiger partial charge in [0.05, 0.1) is 5.69 Å². The molecule has 2 aromatic rings. The largest absolute Gasteiger partial charge is 0.367 e. The summed E-state index contributed by atoms with van der Waals surface area (Å²) in [7, 11) is 0. The number of aromatic nitrogens is 3. The van der Waals surface area contributed by atoms with Crippen molar-refractivity contribution in [2.45, 2.75) is 13.8 Å². The predicted octanol–water partition coefficient (Wildman–Crippen LogP) is 1.98. The minimum absolute atomic E-state index is 0.115. The van der Waals surface area contributed by atoms with E-state index in [1.807, 2.05) is 31.5 Å². The number of ketones is 1. The summed E-state index contributed by atoms with van der Waals surface area (Å²) in [4.78, 5) is 22.4. The number of hydrogen-bond acceptors (Lipinski definition) is 3. The van der Waals surface area contributed by atoms with Gasteiger partial charge >= 0.3 is 0 Å². The molecule has 4 heteroatoms. The lowest BCUT2D eigenvalue weighted by atomic mass is 10.2. The van der Waals surface area contributed by atoms with Gasteiger partial charge < -0.3 is 4.98 Å². The first-order valence-electron chi connectivity index (χ1n) is 4.66. The van der Waals surface area contributed by atoms with E-state index in [0.717, 1.165) is 17.0 Å². The zero-order chi connectivity index (χ0) is 10.8. The number of aryl methyl sites for hydroxylation is 1. The Morgan fingerprint density at radius 2 is 2.20 bits per heavy atom. The Bertz CT molecular complexity index is 489. The van der Waals surface area contributed by atoms with Gasteiger partial charge in [0.25, 0.3) is 0 Å². The van der Waals surface area contributed by atoms with Crippen molar-refractivity contribution in [3.8, 4) is 11.3 Å². The van der Waals surface area contributed by atoms with Crippen molar-refractivity contribution in [2.24, 2.45) is 0 Å². The van der Waals surface area contributed by atoms with Crippen molar-refractivity contribution in [1.29, 1.82) is 0 Å². The van der Waals surface area contributed by atoms with Gasteiger partial charge in [0.15, 0.2) is 11.6 Å². The van der Waals surface area contributed by atoms with Crippen LogP contribution in [0, 0.1) is 6.92 Å². The lowest BCUT2D eigenvalue weighted by Crippen LogP contribution is -2.03. The highest BCUT2D eigenvalue weighted by Crippen LogP contribution is 2.16. The normalized spacial score (nSPS) is 10.3. The summed E-state index contributed by atoms with van der Waals surface area (Å²) in [6.07, 6.45) is 3.66. The number of nitrogens with zero attached hydrogens (tertiary/aromatic N) is 2. The van der Waals surface area contributed by atoms with E-state index in [0.29, 0.717) is 0 Å². The number of carbonyl (C=O) groups is 1. The van der Waals surface area contributed by atoms with Gasteiger partial charge in [-0.1, -0.05) is 0 Å². The van der Waals surface area contributed by atoms with Crippen molar-refractivity contribution < 1.29 is 4.79 Å². The smallest absolute Gasteiger partial charge is 0.196 e. The second-order valence-electron chi connectivity index (χ2n) is 3.37. The Hall–Kier alpha value is -1.97. The van der Waals surface area contributed by atoms with Crippen molar-refractivity contribution >= 4 is 5.78 Å². The van der Waals surface area contributed by atoms with E-state index in [9.17, 15) is 4.79 Å². The molecule has 0 aliphatic carbocycles. The molecule has 0 fully saturated rings. The molecule has 4 nitrogen and oxygen atoms in total. The van der Waals surface area contributed by atoms with Crippen LogP contribution in [0.1, 0.15) is 23.2 Å². The van der Waals surface area contributed by atoms with E-state index in [-0.39, 0.29) is 11.6 Å². The maximum atomic E-state index is 11.2. The van der Waals surface area contributed by atoms with E-state index in [1.165, 1.54) is 6.92 Å². The average molecular weight is 201 g/mol. The highest BCUT2D eigenvalue weighted by Gasteiger charge is 2.07. The number of aromatic amines is 1. The van der Waals surface area contributed by atoms with Gasteiger partial charge in [0.1, 0.15) is 0 Å². The van der Waals surface area contributed by atoms with Crippen molar-refractivity contribution in [1.82, 2.24) is 15.0 Å². The number of nitrogens with one attached hydrogen (secondary N) is 1. The van der Waals surface area contributed by atoms with Gasteiger partial charge in [-0.05, 0) is 19.1 Å². The van der Waals surface area contributed by atoms with E-state index >= 15 is 0 Å². The van der Waals surface area contributed by atoms with Crippen LogP contribution in [0.4, 0.5) is 0 Å². The maximum absolute atomic E-state index is 11.2. The van der Waals surface area contributed by atoms with Crippen LogP contribution in [0.2, 0.25) is 0 Å². The lowest BCUT2D eigenvalue weighted by molar-refractivity contribution is 0.100. The number of H-pyrrole nitrogens is 1. The molecule has 0 aliphatic heterocycles. The van der Waals surface area contributed by atoms with Gasteiger partial charge in [-0.15, -0.1) is 0 Å². The molecule has 2 aromatic heterocycles. The summed E-state index contributed by atoms with van der Waals surface area (Å²) in [5, 5.41) is 0. The molecule has 1 N–H and O–H groups in total. The number of hydrogen-bond donors (Lipinski definition) is 1. The monoisotopic (exact) mass is 201 g/mol. The Morgan fingerprint density at radius 3 is 2.80 bits per heavy atom. The average Bonchev–Trinajstić information content (AvgIpc) is 2.69. The minimum atomic E-state index is -0.115. The topological polar surface area (TPSA) is 58.6 Å². The highest BCUT2D eigenvalue weighted by molar-refractivity contribution is 5.90. The van der Waals surface area contributed by atoms with Crippen LogP contribution < -0.4 is 0 Å². The molecule has 0 saturated heterocycles. The van der Waals surface area contributed by atoms with Gasteiger partial charge in [-0.25, -0.2) is 9.97 Å². The quantitative estimate of drug-likeness (QED) is 0.756. The summed E-state index contributed by atoms with van der Waals surface area (Å²) in [5.74, 6) is 0.154. The van der Waals surface area contributed by atoms with Gasteiger partial charge in [0, 0.05) is 30.6 Å². The number of rotatable bonds is 2. The summed E-state index contributed by atoms with van der Waals surface area (Å²) in [5.41, 5.74) is 2.53. The van der Waals surface area contributed by atoms with Crippen molar-refractivity contribution in [2.75, 3.05) is 0 Å². The number of Topliss-reactive ketones (excluding diaryl/α,β-unsaturated/α-hetero) is 1. The molecular formula is C11H11N3O. The molecular weight excluding hydrogens is 190 g/mol. The fourth-order valence-corrected chi connectivity index (χ4v) is 1.36. The Balaban J connectivity index is 2.54. The molecule has 76 valence electrons. The second kappa shape index (κ2) is 3.65. The van der Waals surface area contributed by atoms with E-state index in [4.69, 9.17) is 0 Å². The van der Waals surface area contributed by atoms with Crippen molar-refractivity contribution in [3.05, 3.63) is 36.0 Å². The van der Waals surface area contributed by atoms with Crippen LogP contribution in [0.5, 0.6) is 0 Å². The third-order valence-electron chi connectivity index (χ3n) is 2.06. The van der Waals surface area contributed by atoms with Gasteiger partial charge in [-0.3, -0.25) is 4.79 Å². The maximum Gasteiger partial charge on any atom is 0.196 e. The standard InChI is InChI=1S/C11H11N3O/c1-7-5-10(9-3-4-12-6-9)14-11(13-7)8(2)15/h3-6,12H,1-2H3. The summed E-state index contributed by atoms with van der Waals surface area (Å²) >= 11 is 0. The SMILES string of the molecule is CC(=O)c1nc(C)cc(-c2cc[nH]c2)n1. The Morgan fingerprint density at radius 1 is 1.40 bits per heavy atom. The fraction of sp³-hybridized carbons (Fsp3) is 0.182. The molecule has 0 aliphatic rings. The zero-order valence-corrected chi connectivity index (χ0v) is 8.61. The second-order valence-corrected chi connectivity index (χ2v) is 3.37. The van der Waals surface area contributed by atoms with Crippen LogP contribution in [-0.2, 0) is 0 Å². The Kier molecular flexibility index (Phi) is 2.33. The third-order valence-corrected chi connectivity index (χ3v) is 2.06. The molecule has 0 aromatic carbocycles. The predicted molar refractivity (Wildman–Crippen MR) is 56.6 cm³/mol. The molecule has 2 rings (SSSR count). The minimum Gasteiger partial charge on any atom is -0.367 e. The molecule has 0 amide bonds. The molecule has 0 bridgehead atoms.